The van der Waals surface area contributed by atoms with Crippen LogP contribution in [-0.2, 0) is 5.75 Å². The number of rotatable bonds is 5. The van der Waals surface area contributed by atoms with E-state index in [1.54, 1.807) is 18.1 Å². The number of halogens is 1. The third-order valence-corrected chi connectivity index (χ3v) is 6.93. The van der Waals surface area contributed by atoms with Gasteiger partial charge in [0.1, 0.15) is 17.0 Å². The molecule has 0 amide bonds. The van der Waals surface area contributed by atoms with Gasteiger partial charge in [0.2, 0.25) is 0 Å². The predicted octanol–water partition coefficient (Wildman–Crippen LogP) is 7.45. The van der Waals surface area contributed by atoms with E-state index >= 15 is 0 Å². The van der Waals surface area contributed by atoms with Crippen molar-refractivity contribution < 1.29 is 0 Å². The summed E-state index contributed by atoms with van der Waals surface area (Å²) < 4.78 is 3.21. The van der Waals surface area contributed by atoms with Crippen LogP contribution in [0.15, 0.2) is 101 Å². The monoisotopic (exact) mass is 485 g/mol. The highest BCUT2D eigenvalue weighted by molar-refractivity contribution is 9.10. The minimum atomic E-state index is 0.872. The topological polar surface area (TPSA) is 30.7 Å². The molecular weight excluding hydrogens is 466 g/mol. The van der Waals surface area contributed by atoms with Gasteiger partial charge in [0.05, 0.1) is 5.39 Å². The number of nitrogens with zero attached hydrogens (tertiary/aromatic N) is 3. The van der Waals surface area contributed by atoms with Gasteiger partial charge in [-0.05, 0) is 47.9 Å². The Hall–Kier alpha value is -2.89. The molecule has 0 saturated heterocycles. The maximum atomic E-state index is 4.69. The molecule has 0 radical (unpaired) electrons. The first-order valence-corrected chi connectivity index (χ1v) is 11.8. The van der Waals surface area contributed by atoms with Crippen molar-refractivity contribution in [3.63, 3.8) is 0 Å². The van der Waals surface area contributed by atoms with E-state index in [2.05, 4.69) is 116 Å². The number of fused-ring (bicyclic) bond motifs is 1. The molecule has 152 valence electrons. The second kappa shape index (κ2) is 8.69. The molecule has 3 aromatic carbocycles. The maximum Gasteiger partial charge on any atom is 0.149 e. The average Bonchev–Trinajstić information content (AvgIpc) is 3.20. The van der Waals surface area contributed by atoms with E-state index in [9.17, 15) is 0 Å². The van der Waals surface area contributed by atoms with Crippen molar-refractivity contribution in [2.45, 2.75) is 17.7 Å². The molecule has 0 unspecified atom stereocenters. The zero-order valence-corrected chi connectivity index (χ0v) is 19.4. The van der Waals surface area contributed by atoms with E-state index in [0.29, 0.717) is 0 Å². The Bertz CT molecular complexity index is 1340. The lowest BCUT2D eigenvalue weighted by molar-refractivity contribution is 1.04. The Morgan fingerprint density at radius 1 is 0.871 bits per heavy atom. The van der Waals surface area contributed by atoms with Crippen LogP contribution in [0.1, 0.15) is 11.1 Å². The highest BCUT2D eigenvalue weighted by Gasteiger charge is 2.18. The number of benzene rings is 3. The second-order valence-electron chi connectivity index (χ2n) is 7.35. The summed E-state index contributed by atoms with van der Waals surface area (Å²) in [4.78, 5) is 9.38. The summed E-state index contributed by atoms with van der Waals surface area (Å²) in [5, 5.41) is 2.10. The van der Waals surface area contributed by atoms with Crippen LogP contribution in [0.5, 0.6) is 0 Å². The van der Waals surface area contributed by atoms with Gasteiger partial charge in [0.15, 0.2) is 0 Å². The first-order valence-electron chi connectivity index (χ1n) is 10.1. The normalized spacial score (nSPS) is 11.2. The summed E-state index contributed by atoms with van der Waals surface area (Å²) in [5.74, 6) is 0.872. The highest BCUT2D eigenvalue weighted by atomic mass is 79.9. The number of hydrogen-bond acceptors (Lipinski definition) is 3. The maximum absolute atomic E-state index is 4.69. The van der Waals surface area contributed by atoms with Crippen LogP contribution in [0.3, 0.4) is 0 Å². The Balaban J connectivity index is 1.66. The van der Waals surface area contributed by atoms with E-state index in [0.717, 1.165) is 43.1 Å². The lowest BCUT2D eigenvalue weighted by atomic mass is 10.1. The Morgan fingerprint density at radius 2 is 1.61 bits per heavy atom. The minimum Gasteiger partial charge on any atom is -0.301 e. The summed E-state index contributed by atoms with van der Waals surface area (Å²) in [6.45, 7) is 2.16. The van der Waals surface area contributed by atoms with Gasteiger partial charge in [0, 0.05) is 27.7 Å². The SMILES string of the molecule is Cc1ccccc1CSc1ncnc2c1c(-c1ccccc1)cn2-c1ccc(Br)cc1. The molecule has 0 spiro atoms. The van der Waals surface area contributed by atoms with Crippen molar-refractivity contribution in [3.8, 4) is 16.8 Å². The fourth-order valence-electron chi connectivity index (χ4n) is 3.70. The quantitative estimate of drug-likeness (QED) is 0.191. The largest absolute Gasteiger partial charge is 0.301 e. The van der Waals surface area contributed by atoms with Crippen LogP contribution in [-0.4, -0.2) is 14.5 Å². The summed E-state index contributed by atoms with van der Waals surface area (Å²) >= 11 is 5.30. The molecule has 0 aliphatic heterocycles. The van der Waals surface area contributed by atoms with Crippen LogP contribution < -0.4 is 0 Å². The van der Waals surface area contributed by atoms with Crippen molar-refractivity contribution in [3.05, 3.63) is 107 Å². The summed E-state index contributed by atoms with van der Waals surface area (Å²) in [6, 6.07) is 27.3. The third kappa shape index (κ3) is 4.03. The molecule has 0 atom stereocenters. The number of thioether (sulfide) groups is 1. The molecule has 5 heteroatoms. The van der Waals surface area contributed by atoms with Gasteiger partial charge < -0.3 is 4.57 Å². The van der Waals surface area contributed by atoms with Gasteiger partial charge in [0.25, 0.3) is 0 Å². The summed E-state index contributed by atoms with van der Waals surface area (Å²) in [7, 11) is 0. The minimum absolute atomic E-state index is 0.872. The number of hydrogen-bond donors (Lipinski definition) is 0. The van der Waals surface area contributed by atoms with Crippen molar-refractivity contribution in [2.24, 2.45) is 0 Å². The fraction of sp³-hybridized carbons (Fsp3) is 0.0769. The first-order chi connectivity index (χ1) is 15.2. The fourth-order valence-corrected chi connectivity index (χ4v) is 5.04. The summed E-state index contributed by atoms with van der Waals surface area (Å²) in [6.07, 6.45) is 3.85. The summed E-state index contributed by atoms with van der Waals surface area (Å²) in [5.41, 5.74) is 6.93. The molecule has 0 aliphatic carbocycles. The number of aryl methyl sites for hydroxylation is 1. The molecule has 0 aliphatic rings. The van der Waals surface area contributed by atoms with Crippen LogP contribution in [0.4, 0.5) is 0 Å². The standard InChI is InChI=1S/C26H20BrN3S/c1-18-7-5-6-10-20(18)16-31-26-24-23(19-8-3-2-4-9-19)15-30(25(24)28-17-29-26)22-13-11-21(27)12-14-22/h2-15,17H,16H2,1H3. The van der Waals surface area contributed by atoms with Gasteiger partial charge in [-0.3, -0.25) is 0 Å². The van der Waals surface area contributed by atoms with Crippen LogP contribution >= 0.6 is 27.7 Å². The molecule has 2 heterocycles. The smallest absolute Gasteiger partial charge is 0.149 e. The van der Waals surface area contributed by atoms with Crippen LogP contribution in [0, 0.1) is 6.92 Å². The van der Waals surface area contributed by atoms with Crippen molar-refractivity contribution >= 4 is 38.7 Å². The average molecular weight is 486 g/mol. The molecular formula is C26H20BrN3S. The molecule has 31 heavy (non-hydrogen) atoms. The Morgan fingerprint density at radius 3 is 2.39 bits per heavy atom. The molecule has 5 rings (SSSR count). The van der Waals surface area contributed by atoms with Gasteiger partial charge in [-0.25, -0.2) is 9.97 Å². The predicted molar refractivity (Wildman–Crippen MR) is 133 cm³/mol. The van der Waals surface area contributed by atoms with Crippen LogP contribution in [0.25, 0.3) is 27.8 Å². The zero-order chi connectivity index (χ0) is 21.2. The molecule has 0 saturated carbocycles. The Kier molecular flexibility index (Phi) is 5.62. The van der Waals surface area contributed by atoms with Gasteiger partial charge in [-0.15, -0.1) is 11.8 Å². The molecule has 0 N–H and O–H groups in total. The van der Waals surface area contributed by atoms with Crippen LogP contribution in [0.2, 0.25) is 0 Å². The molecule has 0 fully saturated rings. The number of aromatic nitrogens is 3. The van der Waals surface area contributed by atoms with Crippen molar-refractivity contribution in [2.75, 3.05) is 0 Å². The van der Waals surface area contributed by atoms with Gasteiger partial charge in [-0.2, -0.15) is 0 Å². The van der Waals surface area contributed by atoms with E-state index in [-0.39, 0.29) is 0 Å². The molecule has 3 nitrogen and oxygen atoms in total. The van der Waals surface area contributed by atoms with E-state index in [4.69, 9.17) is 0 Å². The molecule has 5 aromatic rings. The lowest BCUT2D eigenvalue weighted by Gasteiger charge is -2.08. The van der Waals surface area contributed by atoms with E-state index in [1.807, 2.05) is 6.07 Å². The molecule has 2 aromatic heterocycles. The Labute approximate surface area is 194 Å². The highest BCUT2D eigenvalue weighted by Crippen LogP contribution is 2.38. The van der Waals surface area contributed by atoms with Gasteiger partial charge >= 0.3 is 0 Å². The van der Waals surface area contributed by atoms with E-state index in [1.165, 1.54) is 11.1 Å². The lowest BCUT2D eigenvalue weighted by Crippen LogP contribution is -1.95. The zero-order valence-electron chi connectivity index (χ0n) is 17.0. The van der Waals surface area contributed by atoms with Gasteiger partial charge in [-0.1, -0.05) is 70.5 Å². The van der Waals surface area contributed by atoms with Crippen molar-refractivity contribution in [1.29, 1.82) is 0 Å². The van der Waals surface area contributed by atoms with E-state index < -0.39 is 0 Å². The van der Waals surface area contributed by atoms with Crippen molar-refractivity contribution in [1.82, 2.24) is 14.5 Å². The third-order valence-electron chi connectivity index (χ3n) is 5.36. The molecule has 0 bridgehead atoms. The first kappa shape index (κ1) is 20.0. The second-order valence-corrected chi connectivity index (χ2v) is 9.23.